The number of benzene rings is 1. The van der Waals surface area contributed by atoms with Gasteiger partial charge in [-0.2, -0.15) is 0 Å². The Bertz CT molecular complexity index is 2060. The zero-order valence-corrected chi connectivity index (χ0v) is 34.8. The van der Waals surface area contributed by atoms with E-state index < -0.39 is 151 Å². The summed E-state index contributed by atoms with van der Waals surface area (Å²) >= 11 is 0. The standard InChI is InChI=1S/C38H54N10O12S/c1-4-17(2)31-35(57)41-13-29(53)42-25-16-61(60)37-21(20-8-7-19(50)10-22(20)45-37)11-23(33(55)40-14-30(54)47-31)43-36(58)32(18(3)26(51)15-49)46-28-6-5-9-48(28)38(59)24(12-27(39)52)44-34(25)56/h7-8,10,17-18,23-26,28,31-32,45-46,49-51H,4-6,9,11-16H2,1-3H3,(H2,39,52)(H,40,55)(H,41,57)(H,42,53)(H,43,58)(H,44,56)(H,47,54)/t17?,18-,23?,24?,25?,26?,28?,31?,32?,61?/m0/s1. The summed E-state index contributed by atoms with van der Waals surface area (Å²) in [7, 11) is -2.29. The minimum Gasteiger partial charge on any atom is -0.508 e. The monoisotopic (exact) mass is 874 g/mol. The number of primary amides is 1. The summed E-state index contributed by atoms with van der Waals surface area (Å²) in [6.45, 7) is 2.83. The number of aromatic nitrogens is 1. The highest BCUT2D eigenvalue weighted by molar-refractivity contribution is 7.85. The second-order valence-electron chi connectivity index (χ2n) is 15.6. The van der Waals surface area contributed by atoms with Crippen LogP contribution in [0.4, 0.5) is 0 Å². The number of aliphatic hydroxyl groups is 2. The van der Waals surface area contributed by atoms with Gasteiger partial charge < -0.3 is 62.8 Å². The number of carbonyl (C=O) groups excluding carboxylic acids is 8. The Labute approximate surface area is 352 Å². The molecule has 2 bridgehead atoms. The van der Waals surface area contributed by atoms with E-state index in [-0.39, 0.29) is 34.8 Å². The number of hydrogen-bond donors (Lipinski definition) is 12. The van der Waals surface area contributed by atoms with Gasteiger partial charge in [0.1, 0.15) is 34.9 Å². The maximum Gasteiger partial charge on any atom is 0.246 e. The molecule has 0 aliphatic carbocycles. The Kier molecular flexibility index (Phi) is 15.4. The predicted octanol–water partition coefficient (Wildman–Crippen LogP) is -4.46. The van der Waals surface area contributed by atoms with Gasteiger partial charge in [0.25, 0.3) is 0 Å². The Balaban J connectivity index is 1.72. The van der Waals surface area contributed by atoms with Crippen molar-refractivity contribution in [3.05, 3.63) is 23.8 Å². The van der Waals surface area contributed by atoms with Gasteiger partial charge in [0.2, 0.25) is 47.3 Å². The molecule has 334 valence electrons. The van der Waals surface area contributed by atoms with Crippen molar-refractivity contribution in [3.8, 4) is 5.75 Å². The number of hydrogen-bond acceptors (Lipinski definition) is 13. The SMILES string of the molecule is CCC(C)C1NC(=O)CNC(=O)C2Cc3c([nH]c4cc(O)ccc34)S(=O)CC(NC(=O)CNC1=O)C(=O)NC(CC(N)=O)C(=O)N1CCCC1NC([C@@H](C)C(O)CO)C(=O)N2. The second-order valence-corrected chi connectivity index (χ2v) is 17.0. The Morgan fingerprint density at radius 1 is 0.918 bits per heavy atom. The Morgan fingerprint density at radius 2 is 1.61 bits per heavy atom. The number of nitrogens with one attached hydrogen (secondary N) is 8. The van der Waals surface area contributed by atoms with Crippen molar-refractivity contribution in [1.29, 1.82) is 0 Å². The van der Waals surface area contributed by atoms with Gasteiger partial charge in [0.05, 0.1) is 66.5 Å². The van der Waals surface area contributed by atoms with Crippen molar-refractivity contribution in [2.24, 2.45) is 17.6 Å². The minimum absolute atomic E-state index is 0.0821. The van der Waals surface area contributed by atoms with E-state index in [9.17, 15) is 57.9 Å². The molecule has 1 saturated heterocycles. The number of phenols is 1. The normalized spacial score (nSPS) is 28.0. The largest absolute Gasteiger partial charge is 0.508 e. The van der Waals surface area contributed by atoms with Gasteiger partial charge >= 0.3 is 0 Å². The van der Waals surface area contributed by atoms with Gasteiger partial charge in [-0.15, -0.1) is 0 Å². The highest BCUT2D eigenvalue weighted by atomic mass is 32.2. The molecule has 9 unspecified atom stereocenters. The van der Waals surface area contributed by atoms with Crippen LogP contribution in [-0.2, 0) is 55.6 Å². The molecular formula is C38H54N10O12S. The average molecular weight is 875 g/mol. The van der Waals surface area contributed by atoms with Crippen molar-refractivity contribution in [2.75, 3.05) is 32.0 Å². The topological polar surface area (TPSA) is 344 Å². The van der Waals surface area contributed by atoms with Gasteiger partial charge in [-0.25, -0.2) is 0 Å². The molecule has 3 aliphatic heterocycles. The quantitative estimate of drug-likeness (QED) is 0.125. The van der Waals surface area contributed by atoms with Crippen LogP contribution in [0.2, 0.25) is 0 Å². The second kappa shape index (κ2) is 20.3. The third-order valence-corrected chi connectivity index (χ3v) is 12.7. The maximum atomic E-state index is 14.5. The first kappa shape index (κ1) is 46.4. The van der Waals surface area contributed by atoms with Crippen LogP contribution < -0.4 is 43.0 Å². The van der Waals surface area contributed by atoms with Crippen LogP contribution in [0.1, 0.15) is 52.0 Å². The fraction of sp³-hybridized carbons (Fsp3) is 0.579. The Hall–Kier alpha value is -5.65. The lowest BCUT2D eigenvalue weighted by Gasteiger charge is -2.35. The lowest BCUT2D eigenvalue weighted by molar-refractivity contribution is -0.141. The molecule has 0 saturated carbocycles. The molecule has 1 aromatic heterocycles. The van der Waals surface area contributed by atoms with E-state index in [2.05, 4.69) is 42.2 Å². The first-order valence-electron chi connectivity index (χ1n) is 20.0. The first-order valence-corrected chi connectivity index (χ1v) is 21.3. The molecule has 5 rings (SSSR count). The molecule has 10 atom stereocenters. The minimum atomic E-state index is -2.29. The molecule has 13 N–H and O–H groups in total. The molecule has 2 aromatic rings. The smallest absolute Gasteiger partial charge is 0.246 e. The summed E-state index contributed by atoms with van der Waals surface area (Å²) in [6, 6.07) is -3.36. The number of aromatic hydroxyl groups is 1. The zero-order chi connectivity index (χ0) is 44.7. The van der Waals surface area contributed by atoms with E-state index in [1.807, 2.05) is 0 Å². The van der Waals surface area contributed by atoms with Crippen molar-refractivity contribution in [2.45, 2.75) is 100 Å². The number of phenolic OH excluding ortho intramolecular Hbond substituents is 1. The molecule has 1 aromatic carbocycles. The van der Waals surface area contributed by atoms with Crippen LogP contribution >= 0.6 is 0 Å². The highest BCUT2D eigenvalue weighted by Crippen LogP contribution is 2.30. The van der Waals surface area contributed by atoms with Crippen LogP contribution in [0.5, 0.6) is 5.75 Å². The third-order valence-electron chi connectivity index (χ3n) is 11.3. The molecule has 23 heteroatoms. The molecule has 0 spiro atoms. The van der Waals surface area contributed by atoms with Crippen molar-refractivity contribution in [1.82, 2.24) is 47.1 Å². The van der Waals surface area contributed by atoms with Gasteiger partial charge in [-0.1, -0.05) is 27.2 Å². The van der Waals surface area contributed by atoms with Crippen molar-refractivity contribution in [3.63, 3.8) is 0 Å². The number of amides is 8. The van der Waals surface area contributed by atoms with Crippen LogP contribution in [0.3, 0.4) is 0 Å². The number of carbonyl (C=O) groups is 8. The van der Waals surface area contributed by atoms with Gasteiger partial charge in [-0.05, 0) is 36.5 Å². The molecule has 22 nitrogen and oxygen atoms in total. The van der Waals surface area contributed by atoms with E-state index in [1.165, 1.54) is 30.0 Å². The molecule has 1 fully saturated rings. The van der Waals surface area contributed by atoms with Crippen LogP contribution in [-0.4, -0.2) is 151 Å². The molecule has 8 amide bonds. The fourth-order valence-electron chi connectivity index (χ4n) is 7.59. The molecular weight excluding hydrogens is 821 g/mol. The molecule has 3 aliphatic rings. The lowest BCUT2D eigenvalue weighted by atomic mass is 9.94. The summed E-state index contributed by atoms with van der Waals surface area (Å²) in [5.41, 5.74) is 5.94. The number of H-pyrrole nitrogens is 1. The van der Waals surface area contributed by atoms with Gasteiger partial charge in [0, 0.05) is 30.3 Å². The van der Waals surface area contributed by atoms with E-state index in [0.29, 0.717) is 18.2 Å². The zero-order valence-electron chi connectivity index (χ0n) is 33.9. The predicted molar refractivity (Wildman–Crippen MR) is 216 cm³/mol. The van der Waals surface area contributed by atoms with Crippen LogP contribution in [0, 0.1) is 11.8 Å². The third kappa shape index (κ3) is 11.2. The van der Waals surface area contributed by atoms with E-state index >= 15 is 0 Å². The van der Waals surface area contributed by atoms with Crippen molar-refractivity contribution < 1.29 is 57.9 Å². The van der Waals surface area contributed by atoms with E-state index in [0.717, 1.165) is 0 Å². The molecule has 61 heavy (non-hydrogen) atoms. The number of aliphatic hydroxyl groups excluding tert-OH is 2. The van der Waals surface area contributed by atoms with Gasteiger partial charge in [-0.3, -0.25) is 47.9 Å². The number of nitrogens with zero attached hydrogens (tertiary/aromatic N) is 1. The van der Waals surface area contributed by atoms with Crippen LogP contribution in [0.25, 0.3) is 10.9 Å². The van der Waals surface area contributed by atoms with Gasteiger partial charge in [0.15, 0.2) is 0 Å². The molecule has 0 radical (unpaired) electrons. The highest BCUT2D eigenvalue weighted by Gasteiger charge is 2.41. The average Bonchev–Trinajstić information content (AvgIpc) is 3.84. The fourth-order valence-corrected chi connectivity index (χ4v) is 8.98. The van der Waals surface area contributed by atoms with Crippen LogP contribution in [0.15, 0.2) is 23.2 Å². The number of nitrogens with two attached hydrogens (primary N) is 1. The number of aromatic amines is 1. The lowest BCUT2D eigenvalue weighted by Crippen LogP contribution is -2.62. The summed E-state index contributed by atoms with van der Waals surface area (Å²) in [5, 5.41) is 49.5. The summed E-state index contributed by atoms with van der Waals surface area (Å²) < 4.78 is 14.5. The van der Waals surface area contributed by atoms with Crippen molar-refractivity contribution >= 4 is 69.0 Å². The van der Waals surface area contributed by atoms with E-state index in [4.69, 9.17) is 5.73 Å². The summed E-state index contributed by atoms with van der Waals surface area (Å²) in [4.78, 5) is 114. The summed E-state index contributed by atoms with van der Waals surface area (Å²) in [6.07, 6.45) is -2.50. The summed E-state index contributed by atoms with van der Waals surface area (Å²) in [5.74, 6) is -9.50. The number of fused-ring (bicyclic) bond motifs is 5. The maximum absolute atomic E-state index is 14.5. The molecule has 4 heterocycles. The number of rotatable bonds is 7. The Morgan fingerprint density at radius 3 is 2.28 bits per heavy atom. The van der Waals surface area contributed by atoms with E-state index in [1.54, 1.807) is 13.8 Å². The first-order chi connectivity index (χ1) is 28.9.